The Hall–Kier alpha value is -4.13. The summed E-state index contributed by atoms with van der Waals surface area (Å²) in [4.78, 5) is 13.2. The standard InChI is InChI=1S/C34H35NO5/c36-29-16-14-26-12-7-13-31(30(26)21-29)35-34(38)33(37)28-15-17-32(40-23-25-10-5-2-6-11-25)27(20-28)18-19-39-22-24-8-3-1-4-9-24/h1-6,8-11,14-17,20-21,31,33,36-37H,7,12-13,18-19,22-23H2,(H,35,38). The lowest BCUT2D eigenvalue weighted by atomic mass is 9.87. The highest BCUT2D eigenvalue weighted by atomic mass is 16.5. The van der Waals surface area contributed by atoms with E-state index in [2.05, 4.69) is 5.32 Å². The van der Waals surface area contributed by atoms with Gasteiger partial charge in [-0.3, -0.25) is 4.79 Å². The van der Waals surface area contributed by atoms with E-state index in [1.807, 2.05) is 78.9 Å². The summed E-state index contributed by atoms with van der Waals surface area (Å²) in [6.07, 6.45) is 1.82. The number of carbonyl (C=O) groups excluding carboxylic acids is 1. The Morgan fingerprint density at radius 1 is 0.900 bits per heavy atom. The number of carbonyl (C=O) groups is 1. The maximum absolute atomic E-state index is 13.2. The Bertz CT molecular complexity index is 1410. The molecular weight excluding hydrogens is 502 g/mol. The van der Waals surface area contributed by atoms with Gasteiger partial charge < -0.3 is 25.0 Å². The summed E-state index contributed by atoms with van der Waals surface area (Å²) in [5.41, 5.74) is 5.53. The molecule has 40 heavy (non-hydrogen) atoms. The number of ether oxygens (including phenoxy) is 2. The highest BCUT2D eigenvalue weighted by Crippen LogP contribution is 2.33. The number of aliphatic hydroxyl groups is 1. The molecule has 0 spiro atoms. The third kappa shape index (κ3) is 7.08. The fraction of sp³-hybridized carbons (Fsp3) is 0.265. The highest BCUT2D eigenvalue weighted by molar-refractivity contribution is 5.82. The van der Waals surface area contributed by atoms with E-state index in [-0.39, 0.29) is 11.8 Å². The van der Waals surface area contributed by atoms with Gasteiger partial charge in [0.15, 0.2) is 6.10 Å². The summed E-state index contributed by atoms with van der Waals surface area (Å²) in [6.45, 7) is 1.38. The molecule has 1 amide bonds. The molecule has 4 aromatic rings. The molecule has 0 heterocycles. The first-order valence-corrected chi connectivity index (χ1v) is 13.8. The van der Waals surface area contributed by atoms with Crippen LogP contribution in [-0.4, -0.2) is 22.7 Å². The van der Waals surface area contributed by atoms with Gasteiger partial charge >= 0.3 is 0 Å². The molecule has 0 bridgehead atoms. The predicted octanol–water partition coefficient (Wildman–Crippen LogP) is 5.96. The van der Waals surface area contributed by atoms with Crippen LogP contribution in [-0.2, 0) is 35.6 Å². The minimum Gasteiger partial charge on any atom is -0.508 e. The molecule has 6 heteroatoms. The number of aliphatic hydroxyl groups excluding tert-OH is 1. The summed E-state index contributed by atoms with van der Waals surface area (Å²) >= 11 is 0. The third-order valence-corrected chi connectivity index (χ3v) is 7.27. The molecule has 2 unspecified atom stereocenters. The molecular formula is C34H35NO5. The van der Waals surface area contributed by atoms with Gasteiger partial charge in [-0.25, -0.2) is 0 Å². The van der Waals surface area contributed by atoms with Crippen LogP contribution >= 0.6 is 0 Å². The maximum atomic E-state index is 13.2. The van der Waals surface area contributed by atoms with Gasteiger partial charge in [-0.1, -0.05) is 72.8 Å². The molecule has 4 aromatic carbocycles. The number of hydrogen-bond donors (Lipinski definition) is 3. The zero-order chi connectivity index (χ0) is 27.7. The summed E-state index contributed by atoms with van der Waals surface area (Å²) in [7, 11) is 0. The van der Waals surface area contributed by atoms with E-state index < -0.39 is 12.0 Å². The van der Waals surface area contributed by atoms with Gasteiger partial charge in [0.25, 0.3) is 5.91 Å². The van der Waals surface area contributed by atoms with Crippen molar-refractivity contribution in [2.24, 2.45) is 0 Å². The first-order valence-electron chi connectivity index (χ1n) is 13.8. The smallest absolute Gasteiger partial charge is 0.253 e. The van der Waals surface area contributed by atoms with E-state index in [1.165, 1.54) is 0 Å². The lowest BCUT2D eigenvalue weighted by Crippen LogP contribution is -2.34. The first kappa shape index (κ1) is 27.4. The van der Waals surface area contributed by atoms with E-state index in [0.717, 1.165) is 47.1 Å². The molecule has 6 nitrogen and oxygen atoms in total. The molecule has 0 aromatic heterocycles. The highest BCUT2D eigenvalue weighted by Gasteiger charge is 2.26. The Balaban J connectivity index is 1.28. The van der Waals surface area contributed by atoms with Gasteiger partial charge in [-0.2, -0.15) is 0 Å². The number of nitrogens with one attached hydrogen (secondary N) is 1. The topological polar surface area (TPSA) is 88.0 Å². The van der Waals surface area contributed by atoms with E-state index in [4.69, 9.17) is 9.47 Å². The van der Waals surface area contributed by atoms with Gasteiger partial charge in [0, 0.05) is 0 Å². The van der Waals surface area contributed by atoms with Crippen LogP contribution in [0.25, 0.3) is 0 Å². The Kier molecular flexibility index (Phi) is 9.11. The zero-order valence-corrected chi connectivity index (χ0v) is 22.5. The second-order valence-corrected chi connectivity index (χ2v) is 10.2. The molecule has 3 N–H and O–H groups in total. The summed E-state index contributed by atoms with van der Waals surface area (Å²) in [6, 6.07) is 30.3. The molecule has 0 saturated heterocycles. The lowest BCUT2D eigenvalue weighted by Gasteiger charge is -2.27. The summed E-state index contributed by atoms with van der Waals surface area (Å²) in [5, 5.41) is 24.0. The van der Waals surface area contributed by atoms with Gasteiger partial charge in [0.2, 0.25) is 0 Å². The van der Waals surface area contributed by atoms with Crippen molar-refractivity contribution >= 4 is 5.91 Å². The maximum Gasteiger partial charge on any atom is 0.253 e. The number of phenolic OH excluding ortho intramolecular Hbond substituents is 1. The molecule has 5 rings (SSSR count). The Morgan fingerprint density at radius 3 is 2.38 bits per heavy atom. The fourth-order valence-electron chi connectivity index (χ4n) is 5.13. The van der Waals surface area contributed by atoms with Crippen molar-refractivity contribution in [3.8, 4) is 11.5 Å². The monoisotopic (exact) mass is 537 g/mol. The van der Waals surface area contributed by atoms with Crippen molar-refractivity contribution in [3.05, 3.63) is 130 Å². The largest absolute Gasteiger partial charge is 0.508 e. The molecule has 0 fully saturated rings. The van der Waals surface area contributed by atoms with Crippen LogP contribution in [0.1, 0.15) is 58.4 Å². The fourth-order valence-corrected chi connectivity index (χ4v) is 5.13. The SMILES string of the molecule is O=C(NC1CCCc2ccc(O)cc21)C(O)c1ccc(OCc2ccccc2)c(CCOCc2ccccc2)c1. The van der Waals surface area contributed by atoms with E-state index >= 15 is 0 Å². The van der Waals surface area contributed by atoms with Crippen molar-refractivity contribution in [2.75, 3.05) is 6.61 Å². The van der Waals surface area contributed by atoms with Gasteiger partial charge in [-0.15, -0.1) is 0 Å². The van der Waals surface area contributed by atoms with Crippen LogP contribution in [0.4, 0.5) is 0 Å². The number of amides is 1. The predicted molar refractivity (Wildman–Crippen MR) is 154 cm³/mol. The average Bonchev–Trinajstić information content (AvgIpc) is 2.99. The molecule has 0 radical (unpaired) electrons. The van der Waals surface area contributed by atoms with Crippen molar-refractivity contribution in [1.29, 1.82) is 0 Å². The van der Waals surface area contributed by atoms with Crippen LogP contribution < -0.4 is 10.1 Å². The molecule has 2 atom stereocenters. The normalized spacial score (nSPS) is 15.2. The minimum atomic E-state index is -1.34. The zero-order valence-electron chi connectivity index (χ0n) is 22.5. The number of hydrogen-bond acceptors (Lipinski definition) is 5. The van der Waals surface area contributed by atoms with Crippen molar-refractivity contribution in [3.63, 3.8) is 0 Å². The lowest BCUT2D eigenvalue weighted by molar-refractivity contribution is -0.130. The van der Waals surface area contributed by atoms with E-state index in [0.29, 0.717) is 37.6 Å². The second kappa shape index (κ2) is 13.3. The van der Waals surface area contributed by atoms with Gasteiger partial charge in [0.05, 0.1) is 19.3 Å². The number of aryl methyl sites for hydroxylation is 1. The molecule has 206 valence electrons. The van der Waals surface area contributed by atoms with Crippen LogP contribution in [0.2, 0.25) is 0 Å². The number of aromatic hydroxyl groups is 1. The van der Waals surface area contributed by atoms with Crippen molar-refractivity contribution < 1.29 is 24.5 Å². The number of fused-ring (bicyclic) bond motifs is 1. The Labute approximate surface area is 235 Å². The van der Waals surface area contributed by atoms with Crippen LogP contribution in [0.15, 0.2) is 97.1 Å². The van der Waals surface area contributed by atoms with Crippen LogP contribution in [0.5, 0.6) is 11.5 Å². The molecule has 1 aliphatic carbocycles. The van der Waals surface area contributed by atoms with E-state index in [9.17, 15) is 15.0 Å². The quantitative estimate of drug-likeness (QED) is 0.206. The van der Waals surface area contributed by atoms with E-state index in [1.54, 1.807) is 18.2 Å². The molecule has 0 aliphatic heterocycles. The molecule has 0 saturated carbocycles. The number of rotatable bonds is 11. The first-order chi connectivity index (χ1) is 19.6. The third-order valence-electron chi connectivity index (χ3n) is 7.27. The van der Waals surface area contributed by atoms with Crippen molar-refractivity contribution in [2.45, 2.75) is 51.0 Å². The van der Waals surface area contributed by atoms with Crippen molar-refractivity contribution in [1.82, 2.24) is 5.32 Å². The number of phenols is 1. The van der Waals surface area contributed by atoms with Gasteiger partial charge in [0.1, 0.15) is 18.1 Å². The molecule has 1 aliphatic rings. The summed E-state index contributed by atoms with van der Waals surface area (Å²) in [5.74, 6) is 0.399. The second-order valence-electron chi connectivity index (χ2n) is 10.2. The van der Waals surface area contributed by atoms with Crippen LogP contribution in [0.3, 0.4) is 0 Å². The summed E-state index contributed by atoms with van der Waals surface area (Å²) < 4.78 is 12.1. The van der Waals surface area contributed by atoms with Crippen LogP contribution in [0, 0.1) is 0 Å². The Morgan fingerprint density at radius 2 is 1.62 bits per heavy atom. The van der Waals surface area contributed by atoms with Gasteiger partial charge in [-0.05, 0) is 83.3 Å². The minimum absolute atomic E-state index is 0.172. The average molecular weight is 538 g/mol. The number of benzene rings is 4.